The van der Waals surface area contributed by atoms with Gasteiger partial charge in [0.1, 0.15) is 6.04 Å². The molecule has 104 valence electrons. The van der Waals surface area contributed by atoms with Crippen molar-refractivity contribution in [2.45, 2.75) is 53.5 Å². The average molecular weight is 254 g/mol. The molecule has 1 saturated heterocycles. The van der Waals surface area contributed by atoms with E-state index >= 15 is 0 Å². The lowest BCUT2D eigenvalue weighted by molar-refractivity contribution is -0.134. The summed E-state index contributed by atoms with van der Waals surface area (Å²) in [5.41, 5.74) is 0.206. The average Bonchev–Trinajstić information content (AvgIpc) is 2.36. The van der Waals surface area contributed by atoms with Crippen LogP contribution >= 0.6 is 0 Å². The van der Waals surface area contributed by atoms with E-state index in [1.165, 1.54) is 0 Å². The molecular weight excluding hydrogens is 228 g/mol. The molecule has 1 aliphatic heterocycles. The molecule has 0 bridgehead atoms. The van der Waals surface area contributed by atoms with Crippen LogP contribution < -0.4 is 5.32 Å². The van der Waals surface area contributed by atoms with Gasteiger partial charge in [-0.1, -0.05) is 34.6 Å². The zero-order valence-corrected chi connectivity index (χ0v) is 12.2. The molecule has 1 N–H and O–H groups in total. The fraction of sp³-hybridized carbons (Fsp3) is 0.857. The number of nitrogens with zero attached hydrogens (tertiary/aromatic N) is 1. The monoisotopic (exact) mass is 254 g/mol. The maximum absolute atomic E-state index is 12.4. The Balaban J connectivity index is 2.72. The number of carbonyl (C=O) groups excluding carboxylic acids is 2. The van der Waals surface area contributed by atoms with Crippen LogP contribution in [0.25, 0.3) is 0 Å². The summed E-state index contributed by atoms with van der Waals surface area (Å²) in [7, 11) is 0. The fourth-order valence-electron chi connectivity index (χ4n) is 1.99. The number of hydrogen-bond acceptors (Lipinski definition) is 2. The first-order chi connectivity index (χ1) is 8.20. The Kier molecular flexibility index (Phi) is 4.77. The summed E-state index contributed by atoms with van der Waals surface area (Å²) in [5.74, 6) is 0.192. The molecule has 4 nitrogen and oxygen atoms in total. The highest BCUT2D eigenvalue weighted by Gasteiger charge is 2.32. The molecule has 1 fully saturated rings. The van der Waals surface area contributed by atoms with E-state index in [4.69, 9.17) is 0 Å². The topological polar surface area (TPSA) is 49.4 Å². The summed E-state index contributed by atoms with van der Waals surface area (Å²) in [6.07, 6.45) is 1.37. The second-order valence-electron chi connectivity index (χ2n) is 6.68. The lowest BCUT2D eigenvalue weighted by Gasteiger charge is -2.28. The van der Waals surface area contributed by atoms with Crippen molar-refractivity contribution >= 4 is 11.8 Å². The Morgan fingerprint density at radius 1 is 1.33 bits per heavy atom. The fourth-order valence-corrected chi connectivity index (χ4v) is 1.99. The number of hydrogen-bond donors (Lipinski definition) is 1. The van der Waals surface area contributed by atoms with Crippen LogP contribution in [0.4, 0.5) is 0 Å². The molecule has 0 radical (unpaired) electrons. The van der Waals surface area contributed by atoms with Gasteiger partial charge in [-0.25, -0.2) is 0 Å². The highest BCUT2D eigenvalue weighted by molar-refractivity contribution is 5.90. The molecule has 1 heterocycles. The molecule has 1 rings (SSSR count). The van der Waals surface area contributed by atoms with Crippen molar-refractivity contribution in [2.24, 2.45) is 11.3 Å². The Morgan fingerprint density at radius 2 is 1.94 bits per heavy atom. The molecule has 2 amide bonds. The van der Waals surface area contributed by atoms with E-state index in [9.17, 15) is 9.59 Å². The second kappa shape index (κ2) is 5.72. The Morgan fingerprint density at radius 3 is 2.44 bits per heavy atom. The van der Waals surface area contributed by atoms with Crippen molar-refractivity contribution in [3.8, 4) is 0 Å². The zero-order chi connectivity index (χ0) is 13.9. The van der Waals surface area contributed by atoms with E-state index < -0.39 is 0 Å². The Hall–Kier alpha value is -1.06. The van der Waals surface area contributed by atoms with Gasteiger partial charge in [0.25, 0.3) is 0 Å². The zero-order valence-electron chi connectivity index (χ0n) is 12.2. The molecule has 1 unspecified atom stereocenters. The van der Waals surface area contributed by atoms with Gasteiger partial charge in [0.15, 0.2) is 0 Å². The van der Waals surface area contributed by atoms with Gasteiger partial charge < -0.3 is 10.2 Å². The predicted molar refractivity (Wildman–Crippen MR) is 72.0 cm³/mol. The largest absolute Gasteiger partial charge is 0.344 e. The molecule has 0 aromatic carbocycles. The minimum Gasteiger partial charge on any atom is -0.344 e. The second-order valence-corrected chi connectivity index (χ2v) is 6.68. The Bertz CT molecular complexity index is 318. The third kappa shape index (κ3) is 4.31. The first kappa shape index (κ1) is 15.0. The van der Waals surface area contributed by atoms with E-state index in [2.05, 4.69) is 26.1 Å². The third-order valence-electron chi connectivity index (χ3n) is 3.30. The molecule has 1 aliphatic rings. The maximum Gasteiger partial charge on any atom is 0.245 e. The van der Waals surface area contributed by atoms with E-state index in [-0.39, 0.29) is 29.2 Å². The molecule has 0 saturated carbocycles. The molecule has 18 heavy (non-hydrogen) atoms. The lowest BCUT2D eigenvalue weighted by Crippen LogP contribution is -2.48. The number of carbonyl (C=O) groups is 2. The van der Waals surface area contributed by atoms with E-state index in [1.54, 1.807) is 0 Å². The third-order valence-corrected chi connectivity index (χ3v) is 3.30. The van der Waals surface area contributed by atoms with Crippen molar-refractivity contribution in [1.82, 2.24) is 10.2 Å². The molecule has 0 aromatic rings. The summed E-state index contributed by atoms with van der Waals surface area (Å²) in [6.45, 7) is 11.7. The summed E-state index contributed by atoms with van der Waals surface area (Å²) in [5, 5.41) is 2.83. The van der Waals surface area contributed by atoms with Crippen molar-refractivity contribution < 1.29 is 9.59 Å². The van der Waals surface area contributed by atoms with Crippen molar-refractivity contribution in [3.05, 3.63) is 0 Å². The molecule has 4 heteroatoms. The van der Waals surface area contributed by atoms with Crippen molar-refractivity contribution in [3.63, 3.8) is 0 Å². The minimum absolute atomic E-state index is 0.0136. The lowest BCUT2D eigenvalue weighted by atomic mass is 9.92. The molecule has 1 atom stereocenters. The van der Waals surface area contributed by atoms with Crippen LogP contribution in [0, 0.1) is 11.3 Å². The summed E-state index contributed by atoms with van der Waals surface area (Å²) >= 11 is 0. The van der Waals surface area contributed by atoms with Crippen molar-refractivity contribution in [2.75, 3.05) is 13.1 Å². The quantitative estimate of drug-likeness (QED) is 0.835. The van der Waals surface area contributed by atoms with Gasteiger partial charge in [-0.3, -0.25) is 9.59 Å². The van der Waals surface area contributed by atoms with E-state index in [0.29, 0.717) is 13.0 Å². The molecular formula is C14H26N2O2. The van der Waals surface area contributed by atoms with Crippen LogP contribution in [0.5, 0.6) is 0 Å². The maximum atomic E-state index is 12.4. The van der Waals surface area contributed by atoms with Gasteiger partial charge >= 0.3 is 0 Å². The van der Waals surface area contributed by atoms with Gasteiger partial charge in [-0.2, -0.15) is 0 Å². The van der Waals surface area contributed by atoms with Crippen LogP contribution in [0.15, 0.2) is 0 Å². The number of nitrogens with one attached hydrogen (secondary N) is 1. The van der Waals surface area contributed by atoms with Crippen LogP contribution in [-0.4, -0.2) is 35.8 Å². The highest BCUT2D eigenvalue weighted by Crippen LogP contribution is 2.20. The standard InChI is InChI=1S/C14H26N2O2/c1-10(2)12-13(18)16(8-6-11(17)15-12)9-7-14(3,4)5/h10,12H,6-9H2,1-5H3,(H,15,17). The van der Waals surface area contributed by atoms with Gasteiger partial charge in [-0.05, 0) is 17.8 Å². The smallest absolute Gasteiger partial charge is 0.245 e. The van der Waals surface area contributed by atoms with Crippen molar-refractivity contribution in [1.29, 1.82) is 0 Å². The van der Waals surface area contributed by atoms with Gasteiger partial charge in [0, 0.05) is 19.5 Å². The van der Waals surface area contributed by atoms with Gasteiger partial charge in [0.05, 0.1) is 0 Å². The number of amides is 2. The van der Waals surface area contributed by atoms with Gasteiger partial charge in [-0.15, -0.1) is 0 Å². The van der Waals surface area contributed by atoms with Crippen LogP contribution in [-0.2, 0) is 9.59 Å². The van der Waals surface area contributed by atoms with Gasteiger partial charge in [0.2, 0.25) is 11.8 Å². The highest BCUT2D eigenvalue weighted by atomic mass is 16.2. The van der Waals surface area contributed by atoms with E-state index in [0.717, 1.165) is 13.0 Å². The first-order valence-corrected chi connectivity index (χ1v) is 6.79. The number of rotatable bonds is 3. The summed E-state index contributed by atoms with van der Waals surface area (Å²) in [6, 6.07) is -0.361. The SMILES string of the molecule is CC(C)C1NC(=O)CCN(CCC(C)(C)C)C1=O. The molecule has 0 aliphatic carbocycles. The van der Waals surface area contributed by atoms with Crippen LogP contribution in [0.3, 0.4) is 0 Å². The van der Waals surface area contributed by atoms with E-state index in [1.807, 2.05) is 18.7 Å². The molecule has 0 spiro atoms. The summed E-state index contributed by atoms with van der Waals surface area (Å²) in [4.78, 5) is 25.8. The normalized spacial score (nSPS) is 22.1. The van der Waals surface area contributed by atoms with Crippen LogP contribution in [0.2, 0.25) is 0 Å². The minimum atomic E-state index is -0.361. The first-order valence-electron chi connectivity index (χ1n) is 6.79. The van der Waals surface area contributed by atoms with Crippen LogP contribution in [0.1, 0.15) is 47.5 Å². The Labute approximate surface area is 110 Å². The predicted octanol–water partition coefficient (Wildman–Crippen LogP) is 1.80. The molecule has 0 aromatic heterocycles. The summed E-state index contributed by atoms with van der Waals surface area (Å²) < 4.78 is 0.